The summed E-state index contributed by atoms with van der Waals surface area (Å²) in [5, 5.41) is 2.57. The van der Waals surface area contributed by atoms with Crippen LogP contribution < -0.4 is 5.32 Å². The number of hydrogen-bond donors (Lipinski definition) is 1. The van der Waals surface area contributed by atoms with Crippen LogP contribution in [0.3, 0.4) is 0 Å². The molecule has 0 fully saturated rings. The number of hydrogen-bond acceptors (Lipinski definition) is 3. The summed E-state index contributed by atoms with van der Waals surface area (Å²) in [7, 11) is 0. The van der Waals surface area contributed by atoms with E-state index < -0.39 is 17.6 Å². The number of carbonyl (C=O) groups excluding carboxylic acids is 1. The molecule has 3 nitrogen and oxygen atoms in total. The summed E-state index contributed by atoms with van der Waals surface area (Å²) in [6.07, 6.45) is -0.980. The van der Waals surface area contributed by atoms with E-state index in [0.717, 1.165) is 28.3 Å². The number of benzene rings is 2. The minimum absolute atomic E-state index is 0.282. The van der Waals surface area contributed by atoms with Gasteiger partial charge >= 0.3 is 6.18 Å². The molecular weight excluding hydrogens is 373 g/mol. The van der Waals surface area contributed by atoms with Crippen molar-refractivity contribution in [2.45, 2.75) is 11.1 Å². The normalized spacial score (nSPS) is 11.3. The van der Waals surface area contributed by atoms with Crippen molar-refractivity contribution >= 4 is 23.4 Å². The van der Waals surface area contributed by atoms with E-state index in [0.29, 0.717) is 5.56 Å². The number of pyridine rings is 1. The molecule has 2 aromatic carbocycles. The predicted octanol–water partition coefficient (Wildman–Crippen LogP) is 5.74. The SMILES string of the molecule is CSc1ccccc1-c1ccc(C(=O)Nc2ccc(C(F)(F)F)cc2)cn1. The van der Waals surface area contributed by atoms with Crippen LogP contribution in [0.25, 0.3) is 11.3 Å². The highest BCUT2D eigenvalue weighted by Crippen LogP contribution is 2.30. The number of halogens is 3. The summed E-state index contributed by atoms with van der Waals surface area (Å²) in [5.74, 6) is -0.438. The fourth-order valence-corrected chi connectivity index (χ4v) is 3.10. The van der Waals surface area contributed by atoms with E-state index >= 15 is 0 Å². The molecule has 27 heavy (non-hydrogen) atoms. The Morgan fingerprint density at radius 1 is 1.00 bits per heavy atom. The molecule has 1 N–H and O–H groups in total. The van der Waals surface area contributed by atoms with Gasteiger partial charge < -0.3 is 5.32 Å². The van der Waals surface area contributed by atoms with Crippen LogP contribution in [0.2, 0.25) is 0 Å². The summed E-state index contributed by atoms with van der Waals surface area (Å²) in [4.78, 5) is 17.7. The van der Waals surface area contributed by atoms with Gasteiger partial charge in [-0.3, -0.25) is 9.78 Å². The molecule has 0 aliphatic heterocycles. The molecule has 0 atom stereocenters. The largest absolute Gasteiger partial charge is 0.416 e. The van der Waals surface area contributed by atoms with E-state index in [-0.39, 0.29) is 5.69 Å². The molecule has 138 valence electrons. The first-order chi connectivity index (χ1) is 12.9. The molecule has 1 aromatic heterocycles. The molecule has 3 aromatic rings. The van der Waals surface area contributed by atoms with Gasteiger partial charge in [0.05, 0.1) is 16.8 Å². The third-order valence-corrected chi connectivity index (χ3v) is 4.67. The molecule has 0 bridgehead atoms. The molecule has 0 aliphatic rings. The average molecular weight is 388 g/mol. The summed E-state index contributed by atoms with van der Waals surface area (Å²) in [5.41, 5.74) is 1.55. The van der Waals surface area contributed by atoms with Crippen molar-refractivity contribution in [3.8, 4) is 11.3 Å². The molecule has 0 spiro atoms. The second kappa shape index (κ2) is 7.84. The Labute approximate surface area is 158 Å². The lowest BCUT2D eigenvalue weighted by Gasteiger charge is -2.10. The van der Waals surface area contributed by atoms with Crippen LogP contribution in [0.4, 0.5) is 18.9 Å². The number of alkyl halides is 3. The van der Waals surface area contributed by atoms with Crippen LogP contribution in [0.5, 0.6) is 0 Å². The fraction of sp³-hybridized carbons (Fsp3) is 0.100. The van der Waals surface area contributed by atoms with Gasteiger partial charge in [0.2, 0.25) is 0 Å². The van der Waals surface area contributed by atoms with E-state index in [1.807, 2.05) is 30.5 Å². The summed E-state index contributed by atoms with van der Waals surface area (Å²) < 4.78 is 37.7. The van der Waals surface area contributed by atoms with Gasteiger partial charge in [-0.05, 0) is 48.7 Å². The van der Waals surface area contributed by atoms with Crippen LogP contribution in [-0.2, 0) is 6.18 Å². The van der Waals surface area contributed by atoms with Gasteiger partial charge in [-0.1, -0.05) is 18.2 Å². The Bertz CT molecular complexity index is 939. The number of nitrogens with zero attached hydrogens (tertiary/aromatic N) is 1. The monoisotopic (exact) mass is 388 g/mol. The van der Waals surface area contributed by atoms with Crippen LogP contribution in [0.15, 0.2) is 71.8 Å². The first-order valence-corrected chi connectivity index (χ1v) is 9.19. The Hall–Kier alpha value is -2.80. The number of thioether (sulfide) groups is 1. The average Bonchev–Trinajstić information content (AvgIpc) is 2.68. The first-order valence-electron chi connectivity index (χ1n) is 7.96. The van der Waals surface area contributed by atoms with Crippen molar-refractivity contribution in [3.63, 3.8) is 0 Å². The van der Waals surface area contributed by atoms with Crippen LogP contribution in [0.1, 0.15) is 15.9 Å². The highest BCUT2D eigenvalue weighted by Gasteiger charge is 2.30. The van der Waals surface area contributed by atoms with E-state index in [1.165, 1.54) is 18.3 Å². The minimum Gasteiger partial charge on any atom is -0.322 e. The molecule has 0 aliphatic carbocycles. The van der Waals surface area contributed by atoms with Crippen molar-refractivity contribution in [3.05, 3.63) is 78.0 Å². The first kappa shape index (κ1) is 19.0. The fourth-order valence-electron chi connectivity index (χ4n) is 2.49. The van der Waals surface area contributed by atoms with Crippen LogP contribution in [0, 0.1) is 0 Å². The second-order valence-corrected chi connectivity index (χ2v) is 6.51. The van der Waals surface area contributed by atoms with E-state index in [4.69, 9.17) is 0 Å². The molecule has 0 saturated carbocycles. The smallest absolute Gasteiger partial charge is 0.322 e. The lowest BCUT2D eigenvalue weighted by atomic mass is 10.1. The molecule has 0 unspecified atom stereocenters. The van der Waals surface area contributed by atoms with E-state index in [9.17, 15) is 18.0 Å². The summed E-state index contributed by atoms with van der Waals surface area (Å²) in [6, 6.07) is 15.5. The summed E-state index contributed by atoms with van der Waals surface area (Å²) >= 11 is 1.61. The highest BCUT2D eigenvalue weighted by atomic mass is 32.2. The lowest BCUT2D eigenvalue weighted by molar-refractivity contribution is -0.137. The molecule has 0 radical (unpaired) electrons. The van der Waals surface area contributed by atoms with Gasteiger partial charge in [-0.2, -0.15) is 13.2 Å². The van der Waals surface area contributed by atoms with Crippen molar-refractivity contribution in [1.29, 1.82) is 0 Å². The Kier molecular flexibility index (Phi) is 5.51. The zero-order valence-corrected chi connectivity index (χ0v) is 15.1. The molecule has 7 heteroatoms. The molecule has 1 heterocycles. The Balaban J connectivity index is 1.74. The number of carbonyl (C=O) groups is 1. The van der Waals surface area contributed by atoms with Gasteiger partial charge in [0, 0.05) is 22.3 Å². The van der Waals surface area contributed by atoms with Gasteiger partial charge in [-0.15, -0.1) is 11.8 Å². The molecule has 3 rings (SSSR count). The van der Waals surface area contributed by atoms with Crippen molar-refractivity contribution < 1.29 is 18.0 Å². The number of rotatable bonds is 4. The van der Waals surface area contributed by atoms with Crippen molar-refractivity contribution in [2.24, 2.45) is 0 Å². The molecule has 1 amide bonds. The number of amides is 1. The second-order valence-electron chi connectivity index (χ2n) is 5.66. The molecule has 0 saturated heterocycles. The zero-order chi connectivity index (χ0) is 19.4. The number of aromatic nitrogens is 1. The van der Waals surface area contributed by atoms with E-state index in [1.54, 1.807) is 23.9 Å². The van der Waals surface area contributed by atoms with Crippen molar-refractivity contribution in [2.75, 3.05) is 11.6 Å². The topological polar surface area (TPSA) is 42.0 Å². The maximum Gasteiger partial charge on any atom is 0.416 e. The van der Waals surface area contributed by atoms with Crippen molar-refractivity contribution in [1.82, 2.24) is 4.98 Å². The summed E-state index contributed by atoms with van der Waals surface area (Å²) in [6.45, 7) is 0. The third-order valence-electron chi connectivity index (χ3n) is 3.88. The van der Waals surface area contributed by atoms with Crippen LogP contribution in [-0.4, -0.2) is 17.1 Å². The van der Waals surface area contributed by atoms with Crippen LogP contribution >= 0.6 is 11.8 Å². The van der Waals surface area contributed by atoms with Gasteiger partial charge in [-0.25, -0.2) is 0 Å². The van der Waals surface area contributed by atoms with Gasteiger partial charge in [0.1, 0.15) is 0 Å². The van der Waals surface area contributed by atoms with Gasteiger partial charge in [0.25, 0.3) is 5.91 Å². The number of nitrogens with one attached hydrogen (secondary N) is 1. The highest BCUT2D eigenvalue weighted by molar-refractivity contribution is 7.98. The standard InChI is InChI=1S/C20H15F3N2OS/c1-27-18-5-3-2-4-16(18)17-11-6-13(12-24-17)19(26)25-15-9-7-14(8-10-15)20(21,22)23/h2-12H,1H3,(H,25,26). The lowest BCUT2D eigenvalue weighted by Crippen LogP contribution is -2.12. The maximum absolute atomic E-state index is 12.6. The molecular formula is C20H15F3N2OS. The minimum atomic E-state index is -4.41. The predicted molar refractivity (Wildman–Crippen MR) is 101 cm³/mol. The zero-order valence-electron chi connectivity index (χ0n) is 14.2. The Morgan fingerprint density at radius 2 is 1.70 bits per heavy atom. The Morgan fingerprint density at radius 3 is 2.30 bits per heavy atom. The quantitative estimate of drug-likeness (QED) is 0.580. The third kappa shape index (κ3) is 4.49. The maximum atomic E-state index is 12.6. The van der Waals surface area contributed by atoms with E-state index in [2.05, 4.69) is 10.3 Å². The van der Waals surface area contributed by atoms with Gasteiger partial charge in [0.15, 0.2) is 0 Å². The number of anilines is 1.